The number of alkyl halides is 6. The fourth-order valence-electron chi connectivity index (χ4n) is 2.44. The standard InChI is InChI=1S/C16H10ClF5N4O/c1-8-6-12(15(17,18)19)26-13(23-8)7-11(25-26)14(27)24-10-5-3-2-4-9(10)16(20,21)22/h2-7H,1H3,(H,24,27). The lowest BCUT2D eigenvalue weighted by molar-refractivity contribution is -0.136. The molecule has 27 heavy (non-hydrogen) atoms. The highest BCUT2D eigenvalue weighted by molar-refractivity contribution is 6.21. The van der Waals surface area contributed by atoms with Crippen LogP contribution in [0.15, 0.2) is 36.4 Å². The minimum absolute atomic E-state index is 0.0976. The third-order valence-electron chi connectivity index (χ3n) is 3.56. The van der Waals surface area contributed by atoms with Crippen LogP contribution in [0.25, 0.3) is 5.65 Å². The Labute approximate surface area is 153 Å². The molecular formula is C16H10ClF5N4O. The van der Waals surface area contributed by atoms with Gasteiger partial charge in [0.15, 0.2) is 11.3 Å². The Bertz CT molecular complexity index is 1030. The van der Waals surface area contributed by atoms with Gasteiger partial charge in [0.2, 0.25) is 0 Å². The molecule has 0 aliphatic heterocycles. The average molecular weight is 405 g/mol. The van der Waals surface area contributed by atoms with Gasteiger partial charge in [-0.25, -0.2) is 9.50 Å². The molecule has 3 aromatic rings. The first-order chi connectivity index (χ1) is 12.5. The number of rotatable bonds is 3. The number of aromatic nitrogens is 3. The molecule has 1 amide bonds. The zero-order valence-corrected chi connectivity index (χ0v) is 14.2. The number of fused-ring (bicyclic) bond motifs is 1. The van der Waals surface area contributed by atoms with Gasteiger partial charge in [0.1, 0.15) is 5.69 Å². The van der Waals surface area contributed by atoms with E-state index in [1.807, 2.05) is 0 Å². The van der Waals surface area contributed by atoms with Crippen LogP contribution in [0.2, 0.25) is 0 Å². The summed E-state index contributed by atoms with van der Waals surface area (Å²) in [6, 6.07) is 6.42. The van der Waals surface area contributed by atoms with E-state index in [1.165, 1.54) is 19.1 Å². The molecule has 0 fully saturated rings. The molecule has 0 aliphatic carbocycles. The number of carbonyl (C=O) groups is 1. The highest BCUT2D eigenvalue weighted by Crippen LogP contribution is 2.35. The minimum atomic E-state index is -4.69. The van der Waals surface area contributed by atoms with Crippen LogP contribution in [0.3, 0.4) is 0 Å². The number of nitrogens with zero attached hydrogens (tertiary/aromatic N) is 3. The van der Waals surface area contributed by atoms with Gasteiger partial charge in [-0.15, -0.1) is 0 Å². The molecular weight excluding hydrogens is 395 g/mol. The summed E-state index contributed by atoms with van der Waals surface area (Å²) >= 11 is 5.05. The predicted molar refractivity (Wildman–Crippen MR) is 86.9 cm³/mol. The second kappa shape index (κ2) is 6.45. The number of hydrogen-bond acceptors (Lipinski definition) is 3. The first-order valence-corrected chi connectivity index (χ1v) is 7.77. The quantitative estimate of drug-likeness (QED) is 0.513. The molecule has 11 heteroatoms. The lowest BCUT2D eigenvalue weighted by atomic mass is 10.1. The van der Waals surface area contributed by atoms with Crippen LogP contribution < -0.4 is 5.32 Å². The first-order valence-electron chi connectivity index (χ1n) is 7.39. The van der Waals surface area contributed by atoms with E-state index in [4.69, 9.17) is 11.6 Å². The van der Waals surface area contributed by atoms with Crippen molar-refractivity contribution in [2.45, 2.75) is 18.5 Å². The second-order valence-corrected chi connectivity index (χ2v) is 6.05. The molecule has 142 valence electrons. The van der Waals surface area contributed by atoms with E-state index < -0.39 is 40.1 Å². The molecule has 1 aromatic carbocycles. The number of halogens is 6. The highest BCUT2D eigenvalue weighted by atomic mass is 35.5. The fraction of sp³-hybridized carbons (Fsp3) is 0.188. The molecule has 0 bridgehead atoms. The topological polar surface area (TPSA) is 59.3 Å². The monoisotopic (exact) mass is 404 g/mol. The van der Waals surface area contributed by atoms with Crippen molar-refractivity contribution >= 4 is 28.8 Å². The van der Waals surface area contributed by atoms with Gasteiger partial charge in [-0.2, -0.15) is 27.1 Å². The normalized spacial score (nSPS) is 12.4. The summed E-state index contributed by atoms with van der Waals surface area (Å²) in [6.45, 7) is 1.44. The number of aryl methyl sites for hydroxylation is 1. The van der Waals surface area contributed by atoms with E-state index in [-0.39, 0.29) is 11.3 Å². The molecule has 1 N–H and O–H groups in total. The summed E-state index contributed by atoms with van der Waals surface area (Å²) < 4.78 is 66.8. The molecule has 2 heterocycles. The molecule has 2 aromatic heterocycles. The van der Waals surface area contributed by atoms with Crippen molar-refractivity contribution in [1.82, 2.24) is 14.6 Å². The number of nitrogens with one attached hydrogen (secondary N) is 1. The van der Waals surface area contributed by atoms with E-state index in [9.17, 15) is 26.7 Å². The smallest absolute Gasteiger partial charge is 0.320 e. The van der Waals surface area contributed by atoms with Gasteiger partial charge in [0.05, 0.1) is 11.3 Å². The molecule has 0 spiro atoms. The number of amides is 1. The Morgan fingerprint density at radius 2 is 1.81 bits per heavy atom. The van der Waals surface area contributed by atoms with Crippen molar-refractivity contribution in [3.63, 3.8) is 0 Å². The zero-order chi connectivity index (χ0) is 20.0. The van der Waals surface area contributed by atoms with Crippen LogP contribution in [0.5, 0.6) is 0 Å². The van der Waals surface area contributed by atoms with Crippen LogP contribution in [0.1, 0.15) is 27.4 Å². The molecule has 0 radical (unpaired) electrons. The maximum absolute atomic E-state index is 13.6. The fourth-order valence-corrected chi connectivity index (χ4v) is 2.57. The summed E-state index contributed by atoms with van der Waals surface area (Å²) in [7, 11) is 0. The van der Waals surface area contributed by atoms with Gasteiger partial charge >= 0.3 is 11.6 Å². The summed E-state index contributed by atoms with van der Waals surface area (Å²) in [5, 5.41) is 2.01. The van der Waals surface area contributed by atoms with E-state index in [2.05, 4.69) is 15.4 Å². The first kappa shape index (κ1) is 19.0. The van der Waals surface area contributed by atoms with Crippen molar-refractivity contribution < 1.29 is 26.7 Å². The molecule has 0 unspecified atom stereocenters. The average Bonchev–Trinajstić information content (AvgIpc) is 2.96. The Balaban J connectivity index is 2.01. The van der Waals surface area contributed by atoms with Crippen molar-refractivity contribution in [3.05, 3.63) is 59.0 Å². The van der Waals surface area contributed by atoms with Crippen molar-refractivity contribution in [2.24, 2.45) is 0 Å². The van der Waals surface area contributed by atoms with Gasteiger partial charge in [0.25, 0.3) is 5.91 Å². The highest BCUT2D eigenvalue weighted by Gasteiger charge is 2.35. The predicted octanol–water partition coefficient (Wildman–Crippen LogP) is 4.60. The number of para-hydroxylation sites is 1. The third kappa shape index (κ3) is 3.85. The van der Waals surface area contributed by atoms with Crippen molar-refractivity contribution in [2.75, 3.05) is 5.32 Å². The minimum Gasteiger partial charge on any atom is -0.320 e. The molecule has 0 saturated heterocycles. The molecule has 0 saturated carbocycles. The number of carbonyl (C=O) groups excluding carboxylic acids is 1. The Hall–Kier alpha value is -2.75. The second-order valence-electron chi connectivity index (χ2n) is 5.58. The molecule has 0 aliphatic rings. The van der Waals surface area contributed by atoms with Crippen LogP contribution in [-0.4, -0.2) is 20.5 Å². The number of anilines is 1. The molecule has 0 atom stereocenters. The maximum atomic E-state index is 13.6. The Morgan fingerprint density at radius 3 is 2.44 bits per heavy atom. The van der Waals surface area contributed by atoms with Crippen LogP contribution in [0, 0.1) is 6.92 Å². The van der Waals surface area contributed by atoms with Crippen molar-refractivity contribution in [1.29, 1.82) is 0 Å². The van der Waals surface area contributed by atoms with Gasteiger partial charge in [-0.05, 0) is 36.7 Å². The number of hydrogen-bond donors (Lipinski definition) is 1. The summed E-state index contributed by atoms with van der Waals surface area (Å²) in [6.07, 6.45) is -4.69. The van der Waals surface area contributed by atoms with Gasteiger partial charge in [-0.3, -0.25) is 4.79 Å². The maximum Gasteiger partial charge on any atom is 0.418 e. The molecule has 3 rings (SSSR count). The lowest BCUT2D eigenvalue weighted by Gasteiger charge is -2.12. The number of benzene rings is 1. The van der Waals surface area contributed by atoms with Crippen molar-refractivity contribution in [3.8, 4) is 0 Å². The third-order valence-corrected chi connectivity index (χ3v) is 3.75. The SMILES string of the molecule is Cc1cc(C(F)(F)Cl)n2nc(C(=O)Nc3ccccc3C(F)(F)F)cc2n1. The Morgan fingerprint density at radius 1 is 1.15 bits per heavy atom. The summed E-state index contributed by atoms with van der Waals surface area (Å²) in [5.41, 5.74) is -2.55. The Kier molecular flexibility index (Phi) is 4.54. The van der Waals surface area contributed by atoms with E-state index in [0.29, 0.717) is 4.52 Å². The summed E-state index contributed by atoms with van der Waals surface area (Å²) in [4.78, 5) is 16.3. The molecule has 5 nitrogen and oxygen atoms in total. The lowest BCUT2D eigenvalue weighted by Crippen LogP contribution is -2.17. The largest absolute Gasteiger partial charge is 0.418 e. The summed E-state index contributed by atoms with van der Waals surface area (Å²) in [5.74, 6) is -1.02. The van der Waals surface area contributed by atoms with E-state index in [1.54, 1.807) is 0 Å². The van der Waals surface area contributed by atoms with Crippen LogP contribution >= 0.6 is 11.6 Å². The van der Waals surface area contributed by atoms with Gasteiger partial charge in [-0.1, -0.05) is 12.1 Å². The van der Waals surface area contributed by atoms with Gasteiger partial charge in [0, 0.05) is 11.8 Å². The van der Waals surface area contributed by atoms with Gasteiger partial charge < -0.3 is 5.32 Å². The van der Waals surface area contributed by atoms with E-state index >= 15 is 0 Å². The van der Waals surface area contributed by atoms with Crippen LogP contribution in [-0.2, 0) is 11.6 Å². The van der Waals surface area contributed by atoms with Crippen LogP contribution in [0.4, 0.5) is 27.6 Å². The van der Waals surface area contributed by atoms with E-state index in [0.717, 1.165) is 24.3 Å². The zero-order valence-electron chi connectivity index (χ0n) is 13.5.